The highest BCUT2D eigenvalue weighted by atomic mass is 28.2. The van der Waals surface area contributed by atoms with Gasteiger partial charge < -0.3 is 9.96 Å². The number of hydrogen-bond acceptors (Lipinski definition) is 1. The van der Waals surface area contributed by atoms with Gasteiger partial charge in [0.05, 0.1) is 0 Å². The Morgan fingerprint density at radius 3 is 0.969 bits per heavy atom. The Morgan fingerprint density at radius 1 is 0.469 bits per heavy atom. The molecule has 4 aromatic rings. The van der Waals surface area contributed by atoms with Crippen LogP contribution in [0.25, 0.3) is 0 Å². The summed E-state index contributed by atoms with van der Waals surface area (Å²) in [5.41, 5.74) is 5.54. The average molecular weight is 453 g/mol. The number of urea groups is 1. The normalized spacial score (nSPS) is 11.6. The van der Waals surface area contributed by atoms with E-state index < -0.39 is 19.4 Å². The molecule has 0 aliphatic rings. The molecule has 0 aliphatic heterocycles. The van der Waals surface area contributed by atoms with Crippen molar-refractivity contribution in [1.82, 2.24) is 9.96 Å². The number of carbonyl (C=O) groups excluding carboxylic acids is 1. The molecule has 160 valence electrons. The molecule has 0 fully saturated rings. The van der Waals surface area contributed by atoms with Crippen LogP contribution in [0.5, 0.6) is 0 Å². The molecule has 4 aromatic carbocycles. The maximum atomic E-state index is 12.8. The summed E-state index contributed by atoms with van der Waals surface area (Å²) in [6.07, 6.45) is 0. The van der Waals surface area contributed by atoms with Gasteiger partial charge in [-0.3, -0.25) is 4.79 Å². The molecule has 2 amide bonds. The van der Waals surface area contributed by atoms with Crippen molar-refractivity contribution in [3.8, 4) is 0 Å². The maximum Gasteiger partial charge on any atom is 0.298 e. The molecule has 0 unspecified atom stereocenters. The second-order valence-electron chi connectivity index (χ2n) is 7.84. The van der Waals surface area contributed by atoms with Crippen LogP contribution in [0.2, 0.25) is 0 Å². The Hall–Kier alpha value is -3.42. The predicted molar refractivity (Wildman–Crippen MR) is 138 cm³/mol. The van der Waals surface area contributed by atoms with Crippen LogP contribution < -0.4 is 9.96 Å². The van der Waals surface area contributed by atoms with E-state index in [1.54, 1.807) is 0 Å². The van der Waals surface area contributed by atoms with Crippen LogP contribution in [0.3, 0.4) is 0 Å². The van der Waals surface area contributed by atoms with Gasteiger partial charge in [0.25, 0.3) is 6.03 Å². The first-order valence-corrected chi connectivity index (χ1v) is 14.1. The lowest BCUT2D eigenvalue weighted by atomic mass is 10.0. The van der Waals surface area contributed by atoms with Crippen LogP contribution in [-0.4, -0.2) is 25.4 Å². The van der Waals surface area contributed by atoms with Gasteiger partial charge in [0, 0.05) is 11.1 Å². The molecule has 5 heteroatoms. The molecule has 0 radical (unpaired) electrons. The van der Waals surface area contributed by atoms with Gasteiger partial charge >= 0.3 is 0 Å². The molecule has 0 saturated carbocycles. The number of amides is 2. The van der Waals surface area contributed by atoms with Crippen molar-refractivity contribution in [3.05, 3.63) is 144 Å². The molecule has 0 aromatic heterocycles. The maximum absolute atomic E-state index is 12.8. The quantitative estimate of drug-likeness (QED) is 0.389. The van der Waals surface area contributed by atoms with Crippen LogP contribution in [-0.2, 0) is 0 Å². The molecule has 0 saturated heterocycles. The second-order valence-corrected chi connectivity index (χ2v) is 11.0. The van der Waals surface area contributed by atoms with Crippen LogP contribution in [0.4, 0.5) is 4.79 Å². The highest BCUT2D eigenvalue weighted by molar-refractivity contribution is 6.45. The third kappa shape index (κ3) is 5.84. The van der Waals surface area contributed by atoms with E-state index in [1.165, 1.54) is 22.3 Å². The summed E-state index contributed by atoms with van der Waals surface area (Å²) < 4.78 is 0. The standard InChI is InChI=1S/C27H28N2OSi2/c30-27(28-31-25(21-13-5-1-6-14-21)22-15-7-2-8-16-22)29-32-26(23-17-9-3-10-18-23)24-19-11-4-12-20-24/h1-20,25-26H,31-32H2,(H2,28,29,30). The van der Waals surface area contributed by atoms with Gasteiger partial charge in [-0.1, -0.05) is 121 Å². The van der Waals surface area contributed by atoms with Crippen molar-refractivity contribution >= 4 is 25.4 Å². The fraction of sp³-hybridized carbons (Fsp3) is 0.0741. The number of hydrogen-bond donors (Lipinski definition) is 2. The summed E-state index contributed by atoms with van der Waals surface area (Å²) in [5, 5.41) is 0. The average Bonchev–Trinajstić information content (AvgIpc) is 2.87. The summed E-state index contributed by atoms with van der Waals surface area (Å²) >= 11 is 0. The van der Waals surface area contributed by atoms with Crippen molar-refractivity contribution in [2.75, 3.05) is 0 Å². The van der Waals surface area contributed by atoms with Gasteiger partial charge in [-0.05, 0) is 22.3 Å². The zero-order chi connectivity index (χ0) is 22.0. The Bertz CT molecular complexity index is 926. The predicted octanol–water partition coefficient (Wildman–Crippen LogP) is 4.03. The van der Waals surface area contributed by atoms with Gasteiger partial charge in [0.1, 0.15) is 19.4 Å². The van der Waals surface area contributed by atoms with E-state index in [0.717, 1.165) is 0 Å². The number of carbonyl (C=O) groups is 1. The minimum absolute atomic E-state index is 0.0305. The fourth-order valence-corrected chi connectivity index (χ4v) is 7.36. The smallest absolute Gasteiger partial charge is 0.298 e. The molecular formula is C27H28N2OSi2. The van der Waals surface area contributed by atoms with Crippen LogP contribution in [0, 0.1) is 0 Å². The fourth-order valence-electron chi connectivity index (χ4n) is 4.05. The summed E-state index contributed by atoms with van der Waals surface area (Å²) in [6, 6.07) is 41.9. The van der Waals surface area contributed by atoms with Crippen LogP contribution >= 0.6 is 0 Å². The topological polar surface area (TPSA) is 41.1 Å². The lowest BCUT2D eigenvalue weighted by molar-refractivity contribution is 0.250. The van der Waals surface area contributed by atoms with E-state index in [4.69, 9.17) is 0 Å². The van der Waals surface area contributed by atoms with Crippen molar-refractivity contribution in [1.29, 1.82) is 0 Å². The third-order valence-corrected chi connectivity index (χ3v) is 9.49. The van der Waals surface area contributed by atoms with E-state index >= 15 is 0 Å². The molecule has 0 bridgehead atoms. The Kier molecular flexibility index (Phi) is 7.68. The van der Waals surface area contributed by atoms with Crippen molar-refractivity contribution in [3.63, 3.8) is 0 Å². The van der Waals surface area contributed by atoms with Crippen molar-refractivity contribution < 1.29 is 4.79 Å². The molecule has 0 atom stereocenters. The Morgan fingerprint density at radius 2 is 0.719 bits per heavy atom. The van der Waals surface area contributed by atoms with Gasteiger partial charge in [0.15, 0.2) is 0 Å². The number of rotatable bonds is 8. The van der Waals surface area contributed by atoms with E-state index in [2.05, 4.69) is 107 Å². The molecular weight excluding hydrogens is 424 g/mol. The highest BCUT2D eigenvalue weighted by Crippen LogP contribution is 2.23. The summed E-state index contributed by atoms with van der Waals surface area (Å²) in [4.78, 5) is 19.3. The highest BCUT2D eigenvalue weighted by Gasteiger charge is 2.18. The molecule has 0 spiro atoms. The zero-order valence-corrected chi connectivity index (χ0v) is 20.9. The third-order valence-electron chi connectivity index (χ3n) is 5.74. The van der Waals surface area contributed by atoms with E-state index in [9.17, 15) is 4.79 Å². The second kappa shape index (κ2) is 11.3. The molecule has 4 rings (SSSR count). The van der Waals surface area contributed by atoms with E-state index in [0.29, 0.717) is 0 Å². The number of nitrogens with one attached hydrogen (secondary N) is 2. The summed E-state index contributed by atoms with van der Waals surface area (Å²) in [5.74, 6) is 0. The van der Waals surface area contributed by atoms with Crippen molar-refractivity contribution in [2.45, 2.75) is 11.1 Å². The van der Waals surface area contributed by atoms with E-state index in [-0.39, 0.29) is 17.1 Å². The molecule has 2 N–H and O–H groups in total. The first kappa shape index (κ1) is 21.8. The zero-order valence-electron chi connectivity index (χ0n) is 18.0. The first-order valence-electron chi connectivity index (χ1n) is 11.0. The van der Waals surface area contributed by atoms with Crippen molar-refractivity contribution in [2.24, 2.45) is 0 Å². The van der Waals surface area contributed by atoms with Gasteiger partial charge in [-0.2, -0.15) is 0 Å². The van der Waals surface area contributed by atoms with E-state index in [1.807, 2.05) is 24.3 Å². The monoisotopic (exact) mass is 452 g/mol. The first-order chi connectivity index (χ1) is 15.8. The van der Waals surface area contributed by atoms with Gasteiger partial charge in [-0.15, -0.1) is 0 Å². The Labute approximate surface area is 194 Å². The Balaban J connectivity index is 1.43. The molecule has 0 heterocycles. The summed E-state index contributed by atoms with van der Waals surface area (Å²) in [6.45, 7) is 0. The minimum atomic E-state index is -0.929. The minimum Gasteiger partial charge on any atom is -0.370 e. The van der Waals surface area contributed by atoms with Crippen LogP contribution in [0.15, 0.2) is 121 Å². The summed E-state index contributed by atoms with van der Waals surface area (Å²) in [7, 11) is -1.86. The lowest BCUT2D eigenvalue weighted by Crippen LogP contribution is -2.43. The largest absolute Gasteiger partial charge is 0.370 e. The molecule has 3 nitrogen and oxygen atoms in total. The van der Waals surface area contributed by atoms with Gasteiger partial charge in [-0.25, -0.2) is 0 Å². The number of benzene rings is 4. The molecule has 0 aliphatic carbocycles. The molecule has 32 heavy (non-hydrogen) atoms. The SMILES string of the molecule is O=C(N[SiH2]C(c1ccccc1)c1ccccc1)N[SiH2]C(c1ccccc1)c1ccccc1. The lowest BCUT2D eigenvalue weighted by Gasteiger charge is -2.20. The van der Waals surface area contributed by atoms with Gasteiger partial charge in [0.2, 0.25) is 0 Å². The van der Waals surface area contributed by atoms with Crippen LogP contribution in [0.1, 0.15) is 33.3 Å².